The molecule has 0 aliphatic heterocycles. The van der Waals surface area contributed by atoms with E-state index in [1.54, 1.807) is 0 Å². The Labute approximate surface area is 347 Å². The van der Waals surface area contributed by atoms with Crippen molar-refractivity contribution in [2.75, 3.05) is 19.6 Å². The van der Waals surface area contributed by atoms with Crippen LogP contribution in [0.2, 0.25) is 0 Å². The zero-order valence-corrected chi connectivity index (χ0v) is 32.8. The van der Waals surface area contributed by atoms with Gasteiger partial charge in [0, 0.05) is 0 Å². The summed E-state index contributed by atoms with van der Waals surface area (Å²) in [6.45, 7) is 6.37. The first-order chi connectivity index (χ1) is 29.7. The van der Waals surface area contributed by atoms with E-state index in [4.69, 9.17) is 0 Å². The number of hydrogen-bond acceptors (Lipinski definition) is 0. The maximum Gasteiger partial charge on any atom is 0.394 e. The lowest BCUT2D eigenvalue weighted by Gasteiger charge is -2.44. The molecule has 4 aromatic carbocycles. The molecule has 64 heavy (non-hydrogen) atoms. The van der Waals surface area contributed by atoms with Crippen LogP contribution in [-0.2, 0) is 0 Å². The van der Waals surface area contributed by atoms with Crippen molar-refractivity contribution in [3.8, 4) is 0 Å². The Kier molecular flexibility index (Phi) is 18.0. The number of unbranched alkanes of at least 4 members (excludes halogenated alkanes) is 6. The SMILES string of the molecule is CCCCCC[NH+](CCCCCC)CCC(F)(F)F.Fc1c(F)c(F)c([B-](c2c(F)c(F)c(F)c(F)c2F)(c2c(F)c(F)c(F)c(F)c2F)c2c(F)c(F)c(F)c(F)c2F)c(F)c1F. The molecule has 1 nitrogen and oxygen atoms in total. The minimum atomic E-state index is -7.22. The Bertz CT molecular complexity index is 1940. The largest absolute Gasteiger partial charge is 0.394 e. The summed E-state index contributed by atoms with van der Waals surface area (Å²) in [6, 6.07) is 0. The highest BCUT2D eigenvalue weighted by atomic mass is 19.4. The molecule has 0 fully saturated rings. The summed E-state index contributed by atoms with van der Waals surface area (Å²) in [6.07, 6.45) is -2.67. The summed E-state index contributed by atoms with van der Waals surface area (Å²) in [5.41, 5.74) is -14.3. The van der Waals surface area contributed by atoms with Gasteiger partial charge in [-0.25, -0.2) is 87.8 Å². The quantitative estimate of drug-likeness (QED) is 0.0376. The van der Waals surface area contributed by atoms with Gasteiger partial charge in [0.25, 0.3) is 0 Å². The highest BCUT2D eigenvalue weighted by Gasteiger charge is 2.52. The molecule has 0 spiro atoms. The van der Waals surface area contributed by atoms with Crippen molar-refractivity contribution >= 4 is 28.0 Å². The minimum Gasteiger partial charge on any atom is -0.335 e. The van der Waals surface area contributed by atoms with Crippen molar-refractivity contribution in [3.05, 3.63) is 116 Å². The molecule has 356 valence electrons. The van der Waals surface area contributed by atoms with Gasteiger partial charge in [0.05, 0.1) is 26.1 Å². The molecule has 0 radical (unpaired) electrons. The third-order valence-electron chi connectivity index (χ3n) is 10.2. The zero-order valence-electron chi connectivity index (χ0n) is 32.8. The lowest BCUT2D eigenvalue weighted by Crippen LogP contribution is -3.12. The van der Waals surface area contributed by atoms with Crippen LogP contribution in [0.1, 0.15) is 71.6 Å². The average Bonchev–Trinajstić information content (AvgIpc) is 3.25. The van der Waals surface area contributed by atoms with Crippen molar-refractivity contribution in [2.24, 2.45) is 0 Å². The van der Waals surface area contributed by atoms with Crippen LogP contribution in [0, 0.1) is 116 Å². The molecule has 4 rings (SSSR count). The molecule has 0 heterocycles. The maximum atomic E-state index is 15.4. The van der Waals surface area contributed by atoms with Gasteiger partial charge in [0.15, 0.2) is 69.8 Å². The third kappa shape index (κ3) is 10.2. The summed E-state index contributed by atoms with van der Waals surface area (Å²) in [5.74, 6) is -71.4. The molecule has 0 aromatic heterocycles. The first kappa shape index (κ1) is 53.6. The fourth-order valence-corrected chi connectivity index (χ4v) is 7.17. The van der Waals surface area contributed by atoms with Crippen LogP contribution in [0.25, 0.3) is 0 Å². The van der Waals surface area contributed by atoms with E-state index in [0.717, 1.165) is 43.7 Å². The molecule has 0 bridgehead atoms. The van der Waals surface area contributed by atoms with Crippen LogP contribution in [0.5, 0.6) is 0 Å². The van der Waals surface area contributed by atoms with E-state index in [1.807, 2.05) is 0 Å². The van der Waals surface area contributed by atoms with Crippen molar-refractivity contribution in [2.45, 2.75) is 77.8 Å². The smallest absolute Gasteiger partial charge is 0.335 e. The second-order valence-corrected chi connectivity index (χ2v) is 14.3. The Morgan fingerprint density at radius 3 is 0.688 bits per heavy atom. The van der Waals surface area contributed by atoms with Gasteiger partial charge in [-0.15, -0.1) is 21.9 Å². The van der Waals surface area contributed by atoms with E-state index in [-0.39, 0.29) is 6.54 Å². The van der Waals surface area contributed by atoms with Gasteiger partial charge in [-0.2, -0.15) is 13.2 Å². The van der Waals surface area contributed by atoms with E-state index < -0.39 is 157 Å². The molecule has 0 saturated heterocycles. The standard InChI is InChI=1S/C24BF20.C15H30F3N/c26-5-1(6(27)14(35)21(42)13(5)34)25(2-7(28)15(36)22(43)16(37)8(2)29,3-9(30)17(38)23(44)18(39)10(3)31)4-11(32)19(40)24(45)20(41)12(4)33;1-3-5-7-9-12-19(13-10-8-6-4-2)14-11-15(16,17)18/h;3-14H2,1-2H3/q-1;/p+1. The zero-order chi connectivity index (χ0) is 48.9. The van der Waals surface area contributed by atoms with E-state index in [1.165, 1.54) is 25.7 Å². The Balaban J connectivity index is 0.000000483. The van der Waals surface area contributed by atoms with Crippen molar-refractivity contribution < 1.29 is 106 Å². The summed E-state index contributed by atoms with van der Waals surface area (Å²) in [4.78, 5) is 1.14. The average molecular weight is 961 g/mol. The van der Waals surface area contributed by atoms with Crippen molar-refractivity contribution in [1.29, 1.82) is 0 Å². The lowest BCUT2D eigenvalue weighted by molar-refractivity contribution is -0.902. The molecule has 25 heteroatoms. The van der Waals surface area contributed by atoms with Gasteiger partial charge in [-0.1, -0.05) is 39.5 Å². The highest BCUT2D eigenvalue weighted by molar-refractivity contribution is 7.20. The number of rotatable bonds is 16. The van der Waals surface area contributed by atoms with Crippen molar-refractivity contribution in [3.63, 3.8) is 0 Å². The molecule has 0 aliphatic carbocycles. The molecule has 0 saturated carbocycles. The monoisotopic (exact) mass is 961 g/mol. The molecule has 0 atom stereocenters. The van der Waals surface area contributed by atoms with Gasteiger partial charge < -0.3 is 4.90 Å². The van der Waals surface area contributed by atoms with E-state index >= 15 is 35.1 Å². The Hall–Kier alpha value is -4.71. The van der Waals surface area contributed by atoms with Crippen LogP contribution in [0.15, 0.2) is 0 Å². The predicted molar refractivity (Wildman–Crippen MR) is 184 cm³/mol. The first-order valence-electron chi connectivity index (χ1n) is 18.8. The minimum absolute atomic E-state index is 0.252. The number of halogens is 23. The normalized spacial score (nSPS) is 12.1. The van der Waals surface area contributed by atoms with Gasteiger partial charge in [0.2, 0.25) is 0 Å². The summed E-state index contributed by atoms with van der Waals surface area (Å²) < 4.78 is 331. The third-order valence-corrected chi connectivity index (χ3v) is 10.2. The Morgan fingerprint density at radius 1 is 0.297 bits per heavy atom. The van der Waals surface area contributed by atoms with Crippen molar-refractivity contribution in [1.82, 2.24) is 0 Å². The molecular weight excluding hydrogens is 930 g/mol. The lowest BCUT2D eigenvalue weighted by atomic mass is 9.12. The Morgan fingerprint density at radius 2 is 0.500 bits per heavy atom. The number of quaternary nitrogens is 1. The topological polar surface area (TPSA) is 4.44 Å². The number of hydrogen-bond donors (Lipinski definition) is 1. The van der Waals surface area contributed by atoms with Gasteiger partial charge in [0.1, 0.15) is 52.7 Å². The fourth-order valence-electron chi connectivity index (χ4n) is 7.17. The summed E-state index contributed by atoms with van der Waals surface area (Å²) in [7, 11) is 0. The molecule has 0 aliphatic rings. The highest BCUT2D eigenvalue weighted by Crippen LogP contribution is 2.31. The fraction of sp³-hybridized carbons (Fsp3) is 0.385. The number of benzene rings is 4. The van der Waals surface area contributed by atoms with E-state index in [9.17, 15) is 65.9 Å². The first-order valence-corrected chi connectivity index (χ1v) is 18.8. The summed E-state index contributed by atoms with van der Waals surface area (Å²) >= 11 is 0. The second-order valence-electron chi connectivity index (χ2n) is 14.3. The summed E-state index contributed by atoms with van der Waals surface area (Å²) in [5, 5.41) is 0. The van der Waals surface area contributed by atoms with Crippen LogP contribution < -0.4 is 26.8 Å². The van der Waals surface area contributed by atoms with Crippen LogP contribution in [0.3, 0.4) is 0 Å². The van der Waals surface area contributed by atoms with Gasteiger partial charge in [-0.3, -0.25) is 0 Å². The van der Waals surface area contributed by atoms with E-state index in [0.29, 0.717) is 0 Å². The maximum absolute atomic E-state index is 15.4. The molecule has 4 aromatic rings. The van der Waals surface area contributed by atoms with Gasteiger partial charge >= 0.3 is 6.18 Å². The molecule has 0 unspecified atom stereocenters. The second kappa shape index (κ2) is 21.5. The number of nitrogens with one attached hydrogen (secondary N) is 1. The van der Waals surface area contributed by atoms with Crippen LogP contribution >= 0.6 is 0 Å². The van der Waals surface area contributed by atoms with Crippen LogP contribution in [0.4, 0.5) is 101 Å². The predicted octanol–water partition coefficient (Wildman–Crippen LogP) is 9.83. The van der Waals surface area contributed by atoms with Crippen LogP contribution in [-0.4, -0.2) is 32.0 Å². The molecular formula is C39H31BF23N. The molecule has 1 N–H and O–H groups in total. The van der Waals surface area contributed by atoms with E-state index in [2.05, 4.69) is 13.8 Å². The number of alkyl halides is 3. The molecule has 0 amide bonds. The van der Waals surface area contributed by atoms with Gasteiger partial charge in [-0.05, 0) is 25.7 Å².